The van der Waals surface area contributed by atoms with Gasteiger partial charge in [-0.2, -0.15) is 11.8 Å². The summed E-state index contributed by atoms with van der Waals surface area (Å²) in [7, 11) is 1.21. The predicted octanol–water partition coefficient (Wildman–Crippen LogP) is 1.73. The Hall–Kier alpha value is -2.89. The highest BCUT2D eigenvalue weighted by Gasteiger charge is 2.43. The predicted molar refractivity (Wildman–Crippen MR) is 120 cm³/mol. The van der Waals surface area contributed by atoms with Gasteiger partial charge in [0.25, 0.3) is 0 Å². The second-order valence-electron chi connectivity index (χ2n) is 7.84. The van der Waals surface area contributed by atoms with Crippen LogP contribution in [0.2, 0.25) is 0 Å². The van der Waals surface area contributed by atoms with Gasteiger partial charge >= 0.3 is 12.0 Å². The van der Waals surface area contributed by atoms with Crippen LogP contribution in [0.25, 0.3) is 0 Å². The highest BCUT2D eigenvalue weighted by Crippen LogP contribution is 2.21. The van der Waals surface area contributed by atoms with Crippen LogP contribution in [0.4, 0.5) is 19.3 Å². The minimum absolute atomic E-state index is 0.133. The summed E-state index contributed by atoms with van der Waals surface area (Å²) in [6.07, 6.45) is 2.01. The lowest BCUT2D eigenvalue weighted by Gasteiger charge is -2.30. The van der Waals surface area contributed by atoms with Gasteiger partial charge in [-0.25, -0.2) is 18.4 Å². The first-order valence-electron chi connectivity index (χ1n) is 10.3. The number of methoxy groups -OCH3 is 1. The molecule has 3 atom stereocenters. The molecule has 0 spiro atoms. The Labute approximate surface area is 195 Å². The van der Waals surface area contributed by atoms with Gasteiger partial charge in [-0.3, -0.25) is 9.59 Å². The van der Waals surface area contributed by atoms with Gasteiger partial charge in [0, 0.05) is 12.6 Å². The third-order valence-electron chi connectivity index (χ3n) is 5.17. The first-order chi connectivity index (χ1) is 15.6. The number of nitrogens with one attached hydrogen (secondary N) is 3. The Kier molecular flexibility index (Phi) is 9.44. The van der Waals surface area contributed by atoms with E-state index in [1.807, 2.05) is 0 Å². The Morgan fingerprint density at radius 3 is 2.52 bits per heavy atom. The quantitative estimate of drug-likeness (QED) is 0.482. The summed E-state index contributed by atoms with van der Waals surface area (Å²) in [5.41, 5.74) is -0.242. The van der Waals surface area contributed by atoms with E-state index < -0.39 is 47.7 Å². The SMILES string of the molecule is COC(=O)[C@H](NC(=O)[C@H]1[C@@H](NC(=O)Nc2ccc(F)cc2F)CCN1C(=O)CSC)C(C)C. The first kappa shape index (κ1) is 26.4. The summed E-state index contributed by atoms with van der Waals surface area (Å²) in [6, 6.07) is -0.959. The van der Waals surface area contributed by atoms with Crippen molar-refractivity contribution >= 4 is 41.3 Å². The number of ether oxygens (including phenoxy) is 1. The fraction of sp³-hybridized carbons (Fsp3) is 0.524. The third kappa shape index (κ3) is 6.80. The number of likely N-dealkylation sites (tertiary alicyclic amines) is 1. The van der Waals surface area contributed by atoms with E-state index in [9.17, 15) is 28.0 Å². The molecule has 0 saturated carbocycles. The molecule has 0 aliphatic carbocycles. The Bertz CT molecular complexity index is 901. The molecule has 1 aliphatic heterocycles. The molecule has 1 aromatic carbocycles. The van der Waals surface area contributed by atoms with Crippen molar-refractivity contribution < 1.29 is 32.7 Å². The van der Waals surface area contributed by atoms with Crippen LogP contribution in [-0.2, 0) is 19.1 Å². The molecule has 33 heavy (non-hydrogen) atoms. The Balaban J connectivity index is 2.20. The number of benzene rings is 1. The fourth-order valence-corrected chi connectivity index (χ4v) is 3.95. The number of thioether (sulfide) groups is 1. The molecule has 2 rings (SSSR count). The average Bonchev–Trinajstić information content (AvgIpc) is 3.16. The maximum atomic E-state index is 13.9. The monoisotopic (exact) mass is 486 g/mol. The maximum absolute atomic E-state index is 13.9. The molecule has 1 aromatic rings. The number of hydrogen-bond donors (Lipinski definition) is 3. The molecular weight excluding hydrogens is 458 g/mol. The van der Waals surface area contributed by atoms with Crippen LogP contribution in [0, 0.1) is 17.6 Å². The summed E-state index contributed by atoms with van der Waals surface area (Å²) < 4.78 is 31.7. The molecule has 1 fully saturated rings. The fourth-order valence-electron chi connectivity index (χ4n) is 3.53. The number of hydrogen-bond acceptors (Lipinski definition) is 6. The third-order valence-corrected chi connectivity index (χ3v) is 5.71. The van der Waals surface area contributed by atoms with Crippen LogP contribution < -0.4 is 16.0 Å². The topological polar surface area (TPSA) is 117 Å². The normalized spacial score (nSPS) is 18.6. The van der Waals surface area contributed by atoms with Crippen molar-refractivity contribution in [3.05, 3.63) is 29.8 Å². The van der Waals surface area contributed by atoms with Gasteiger partial charge in [0.05, 0.1) is 24.6 Å². The van der Waals surface area contributed by atoms with Crippen LogP contribution in [0.1, 0.15) is 20.3 Å². The zero-order valence-electron chi connectivity index (χ0n) is 18.8. The molecule has 0 aromatic heterocycles. The number of urea groups is 1. The van der Waals surface area contributed by atoms with Crippen LogP contribution >= 0.6 is 11.8 Å². The lowest BCUT2D eigenvalue weighted by atomic mass is 10.0. The van der Waals surface area contributed by atoms with Crippen molar-refractivity contribution in [2.24, 2.45) is 5.92 Å². The smallest absolute Gasteiger partial charge is 0.328 e. The second-order valence-corrected chi connectivity index (χ2v) is 8.70. The lowest BCUT2D eigenvalue weighted by molar-refractivity contribution is -0.147. The highest BCUT2D eigenvalue weighted by molar-refractivity contribution is 7.99. The number of carbonyl (C=O) groups is 4. The minimum Gasteiger partial charge on any atom is -0.467 e. The van der Waals surface area contributed by atoms with Crippen LogP contribution in [0.5, 0.6) is 0 Å². The van der Waals surface area contributed by atoms with E-state index in [0.717, 1.165) is 12.1 Å². The van der Waals surface area contributed by atoms with Gasteiger partial charge in [-0.05, 0) is 30.7 Å². The highest BCUT2D eigenvalue weighted by atomic mass is 32.2. The van der Waals surface area contributed by atoms with Crippen molar-refractivity contribution in [1.82, 2.24) is 15.5 Å². The molecule has 0 bridgehead atoms. The summed E-state index contributed by atoms with van der Waals surface area (Å²) >= 11 is 1.29. The van der Waals surface area contributed by atoms with Crippen LogP contribution in [0.15, 0.2) is 18.2 Å². The van der Waals surface area contributed by atoms with Crippen molar-refractivity contribution in [2.75, 3.05) is 31.0 Å². The lowest BCUT2D eigenvalue weighted by Crippen LogP contribution is -2.58. The standard InChI is InChI=1S/C21H28F2N4O5S/c1-11(2)17(20(30)32-3)26-19(29)18-15(7-8-27(18)16(28)10-33-4)25-21(31)24-14-6-5-12(22)9-13(14)23/h5-6,9,11,15,17-18H,7-8,10H2,1-4H3,(H,26,29)(H2,24,25,31)/t15-,17+,18+/m0/s1. The summed E-state index contributed by atoms with van der Waals surface area (Å²) in [6.45, 7) is 3.67. The van der Waals surface area contributed by atoms with Crippen molar-refractivity contribution in [3.63, 3.8) is 0 Å². The van der Waals surface area contributed by atoms with E-state index in [0.29, 0.717) is 6.07 Å². The molecule has 1 heterocycles. The number of esters is 1. The van der Waals surface area contributed by atoms with E-state index in [1.165, 1.54) is 23.8 Å². The van der Waals surface area contributed by atoms with Crippen molar-refractivity contribution in [1.29, 1.82) is 0 Å². The maximum Gasteiger partial charge on any atom is 0.328 e. The van der Waals surface area contributed by atoms with E-state index in [2.05, 4.69) is 16.0 Å². The van der Waals surface area contributed by atoms with Gasteiger partial charge in [0.15, 0.2) is 0 Å². The van der Waals surface area contributed by atoms with Gasteiger partial charge < -0.3 is 25.6 Å². The van der Waals surface area contributed by atoms with Gasteiger partial charge in [-0.15, -0.1) is 0 Å². The summed E-state index contributed by atoms with van der Waals surface area (Å²) in [5.74, 6) is -3.45. The number of carbonyl (C=O) groups excluding carboxylic acids is 4. The molecule has 182 valence electrons. The van der Waals surface area contributed by atoms with E-state index in [1.54, 1.807) is 20.1 Å². The molecular formula is C21H28F2N4O5S. The molecule has 4 amide bonds. The number of anilines is 1. The van der Waals surface area contributed by atoms with Crippen LogP contribution in [0.3, 0.4) is 0 Å². The molecule has 0 radical (unpaired) electrons. The summed E-state index contributed by atoms with van der Waals surface area (Å²) in [5, 5.41) is 7.48. The Morgan fingerprint density at radius 2 is 1.94 bits per heavy atom. The molecule has 1 aliphatic rings. The molecule has 9 nitrogen and oxygen atoms in total. The van der Waals surface area contributed by atoms with Gasteiger partial charge in [0.1, 0.15) is 23.7 Å². The number of amides is 4. The van der Waals surface area contributed by atoms with E-state index in [4.69, 9.17) is 4.74 Å². The van der Waals surface area contributed by atoms with Crippen molar-refractivity contribution in [3.8, 4) is 0 Å². The number of halogens is 2. The van der Waals surface area contributed by atoms with E-state index in [-0.39, 0.29) is 36.2 Å². The second kappa shape index (κ2) is 11.8. The van der Waals surface area contributed by atoms with E-state index >= 15 is 0 Å². The molecule has 1 saturated heterocycles. The number of rotatable bonds is 8. The number of nitrogens with zero attached hydrogens (tertiary/aromatic N) is 1. The minimum atomic E-state index is -1.08. The van der Waals surface area contributed by atoms with Gasteiger partial charge in [-0.1, -0.05) is 13.8 Å². The summed E-state index contributed by atoms with van der Waals surface area (Å²) in [4.78, 5) is 51.6. The zero-order valence-corrected chi connectivity index (χ0v) is 19.6. The molecule has 3 N–H and O–H groups in total. The average molecular weight is 487 g/mol. The zero-order chi connectivity index (χ0) is 24.7. The van der Waals surface area contributed by atoms with Gasteiger partial charge in [0.2, 0.25) is 11.8 Å². The Morgan fingerprint density at radius 1 is 1.24 bits per heavy atom. The molecule has 12 heteroatoms. The van der Waals surface area contributed by atoms with Crippen molar-refractivity contribution in [2.45, 2.75) is 38.4 Å². The first-order valence-corrected chi connectivity index (χ1v) is 11.7. The van der Waals surface area contributed by atoms with Crippen LogP contribution in [-0.4, -0.2) is 72.5 Å². The molecule has 0 unspecified atom stereocenters. The largest absolute Gasteiger partial charge is 0.467 e.